The Hall–Kier alpha value is -1.38. The van der Waals surface area contributed by atoms with Crippen molar-refractivity contribution in [2.75, 3.05) is 7.05 Å². The number of hydrogen-bond acceptors (Lipinski definition) is 2. The molecule has 106 valence electrons. The first-order chi connectivity index (χ1) is 9.65. The summed E-state index contributed by atoms with van der Waals surface area (Å²) >= 11 is 6.21. The van der Waals surface area contributed by atoms with Gasteiger partial charge in [-0.25, -0.2) is 0 Å². The van der Waals surface area contributed by atoms with E-state index in [2.05, 4.69) is 42.3 Å². The summed E-state index contributed by atoms with van der Waals surface area (Å²) in [6.07, 6.45) is 3.85. The van der Waals surface area contributed by atoms with Gasteiger partial charge in [0.15, 0.2) is 0 Å². The van der Waals surface area contributed by atoms with Gasteiger partial charge in [0.2, 0.25) is 0 Å². The zero-order chi connectivity index (χ0) is 14.5. The van der Waals surface area contributed by atoms with Crippen LogP contribution in [0, 0.1) is 6.92 Å². The molecule has 0 amide bonds. The van der Waals surface area contributed by atoms with Gasteiger partial charge >= 0.3 is 0 Å². The third-order valence-electron chi connectivity index (χ3n) is 3.74. The van der Waals surface area contributed by atoms with Gasteiger partial charge in [0.1, 0.15) is 0 Å². The van der Waals surface area contributed by atoms with Crippen molar-refractivity contribution in [1.29, 1.82) is 0 Å². The molecule has 0 radical (unpaired) electrons. The maximum atomic E-state index is 6.21. The van der Waals surface area contributed by atoms with Crippen LogP contribution in [0.3, 0.4) is 0 Å². The Morgan fingerprint density at radius 2 is 2.05 bits per heavy atom. The summed E-state index contributed by atoms with van der Waals surface area (Å²) in [6.45, 7) is 4.21. The molecule has 1 aromatic heterocycles. The van der Waals surface area contributed by atoms with Crippen molar-refractivity contribution >= 4 is 11.6 Å². The van der Waals surface area contributed by atoms with Gasteiger partial charge < -0.3 is 5.32 Å². The minimum absolute atomic E-state index is 0.230. The molecule has 1 atom stereocenters. The third-order valence-corrected chi connectivity index (χ3v) is 4.15. The molecule has 0 aliphatic carbocycles. The van der Waals surface area contributed by atoms with Gasteiger partial charge in [0.05, 0.1) is 0 Å². The Morgan fingerprint density at radius 3 is 2.65 bits per heavy atom. The molecule has 0 aliphatic rings. The highest BCUT2D eigenvalue weighted by molar-refractivity contribution is 6.31. The lowest BCUT2D eigenvalue weighted by atomic mass is 9.97. The number of hydrogen-bond donors (Lipinski definition) is 1. The summed E-state index contributed by atoms with van der Waals surface area (Å²) in [5, 5.41) is 4.18. The van der Waals surface area contributed by atoms with E-state index >= 15 is 0 Å². The molecule has 1 aromatic carbocycles. The maximum Gasteiger partial charge on any atom is 0.0438 e. The van der Waals surface area contributed by atoms with Crippen LogP contribution >= 0.6 is 11.6 Å². The first-order valence-electron chi connectivity index (χ1n) is 7.01. The van der Waals surface area contributed by atoms with Gasteiger partial charge in [0, 0.05) is 29.4 Å². The smallest absolute Gasteiger partial charge is 0.0438 e. The van der Waals surface area contributed by atoms with Crippen LogP contribution < -0.4 is 5.32 Å². The fourth-order valence-electron chi connectivity index (χ4n) is 2.36. The van der Waals surface area contributed by atoms with Gasteiger partial charge in [-0.15, -0.1) is 0 Å². The van der Waals surface area contributed by atoms with Crippen molar-refractivity contribution in [2.24, 2.45) is 0 Å². The maximum absolute atomic E-state index is 6.21. The van der Waals surface area contributed by atoms with E-state index in [1.165, 1.54) is 11.1 Å². The lowest BCUT2D eigenvalue weighted by Gasteiger charge is -2.19. The molecule has 1 N–H and O–H groups in total. The first-order valence-corrected chi connectivity index (χ1v) is 7.39. The normalized spacial score (nSPS) is 12.4. The van der Waals surface area contributed by atoms with E-state index in [9.17, 15) is 0 Å². The second-order valence-corrected chi connectivity index (χ2v) is 5.42. The highest BCUT2D eigenvalue weighted by Crippen LogP contribution is 2.26. The molecule has 0 spiro atoms. The molecule has 2 aromatic rings. The highest BCUT2D eigenvalue weighted by Gasteiger charge is 2.14. The van der Waals surface area contributed by atoms with E-state index < -0.39 is 0 Å². The Morgan fingerprint density at radius 1 is 1.25 bits per heavy atom. The SMILES string of the molecule is CCc1ccc(CC(NC)c2cccc(Cl)c2C)nc1. The van der Waals surface area contributed by atoms with E-state index in [0.29, 0.717) is 0 Å². The minimum Gasteiger partial charge on any atom is -0.313 e. The lowest BCUT2D eigenvalue weighted by molar-refractivity contribution is 0.581. The number of nitrogens with one attached hydrogen (secondary N) is 1. The monoisotopic (exact) mass is 288 g/mol. The third kappa shape index (κ3) is 3.38. The van der Waals surface area contributed by atoms with Crippen LogP contribution in [0.25, 0.3) is 0 Å². The predicted molar refractivity (Wildman–Crippen MR) is 85.3 cm³/mol. The molecule has 0 saturated heterocycles. The number of benzene rings is 1. The molecular weight excluding hydrogens is 268 g/mol. The minimum atomic E-state index is 0.230. The molecule has 3 heteroatoms. The second-order valence-electron chi connectivity index (χ2n) is 5.01. The number of aryl methyl sites for hydroxylation is 1. The summed E-state index contributed by atoms with van der Waals surface area (Å²) in [5.74, 6) is 0. The van der Waals surface area contributed by atoms with E-state index in [-0.39, 0.29) is 6.04 Å². The number of pyridine rings is 1. The fourth-order valence-corrected chi connectivity index (χ4v) is 2.55. The highest BCUT2D eigenvalue weighted by atomic mass is 35.5. The van der Waals surface area contributed by atoms with Crippen molar-refractivity contribution in [3.8, 4) is 0 Å². The Bertz CT molecular complexity index is 564. The van der Waals surface area contributed by atoms with Gasteiger partial charge in [-0.3, -0.25) is 4.98 Å². The molecule has 0 fully saturated rings. The number of rotatable bonds is 5. The Balaban J connectivity index is 2.21. The van der Waals surface area contributed by atoms with Crippen LogP contribution in [0.1, 0.15) is 35.3 Å². The zero-order valence-corrected chi connectivity index (χ0v) is 13.0. The van der Waals surface area contributed by atoms with Crippen molar-refractivity contribution in [1.82, 2.24) is 10.3 Å². The molecule has 0 aliphatic heterocycles. The van der Waals surface area contributed by atoms with Gasteiger partial charge in [0.25, 0.3) is 0 Å². The number of likely N-dealkylation sites (N-methyl/N-ethyl adjacent to an activating group) is 1. The van der Waals surface area contributed by atoms with Gasteiger partial charge in [-0.1, -0.05) is 36.7 Å². The van der Waals surface area contributed by atoms with E-state index in [1.807, 2.05) is 25.4 Å². The average Bonchev–Trinajstić information content (AvgIpc) is 2.48. The number of nitrogens with zero attached hydrogens (tertiary/aromatic N) is 1. The van der Waals surface area contributed by atoms with E-state index in [0.717, 1.165) is 29.1 Å². The summed E-state index contributed by atoms with van der Waals surface area (Å²) in [4.78, 5) is 4.54. The van der Waals surface area contributed by atoms with Crippen molar-refractivity contribution < 1.29 is 0 Å². The first kappa shape index (κ1) is 15.0. The van der Waals surface area contributed by atoms with Crippen molar-refractivity contribution in [3.63, 3.8) is 0 Å². The second kappa shape index (κ2) is 6.87. The van der Waals surface area contributed by atoms with E-state index in [1.54, 1.807) is 0 Å². The largest absolute Gasteiger partial charge is 0.313 e. The van der Waals surface area contributed by atoms with Crippen LogP contribution in [0.5, 0.6) is 0 Å². The fraction of sp³-hybridized carbons (Fsp3) is 0.353. The Kier molecular flexibility index (Phi) is 5.16. The van der Waals surface area contributed by atoms with E-state index in [4.69, 9.17) is 11.6 Å². The standard InChI is InChI=1S/C17H21ClN2/c1-4-13-8-9-14(20-11-13)10-17(19-3)15-6-5-7-16(18)12(15)2/h5-9,11,17,19H,4,10H2,1-3H3. The van der Waals surface area contributed by atoms with Crippen LogP contribution in [0.2, 0.25) is 5.02 Å². The van der Waals surface area contributed by atoms with Crippen LogP contribution in [0.15, 0.2) is 36.5 Å². The topological polar surface area (TPSA) is 24.9 Å². The molecule has 20 heavy (non-hydrogen) atoms. The number of halogens is 1. The van der Waals surface area contributed by atoms with Gasteiger partial charge in [-0.2, -0.15) is 0 Å². The Labute approximate surface area is 126 Å². The lowest BCUT2D eigenvalue weighted by Crippen LogP contribution is -2.20. The summed E-state index contributed by atoms with van der Waals surface area (Å²) in [5.41, 5.74) is 4.75. The molecule has 1 unspecified atom stereocenters. The molecule has 0 bridgehead atoms. The molecule has 2 nitrogen and oxygen atoms in total. The van der Waals surface area contributed by atoms with Gasteiger partial charge in [-0.05, 0) is 49.2 Å². The molecule has 0 saturated carbocycles. The molecule has 1 heterocycles. The zero-order valence-electron chi connectivity index (χ0n) is 12.3. The average molecular weight is 289 g/mol. The van der Waals surface area contributed by atoms with Crippen LogP contribution in [0.4, 0.5) is 0 Å². The molecular formula is C17H21ClN2. The van der Waals surface area contributed by atoms with Crippen molar-refractivity contribution in [3.05, 3.63) is 63.9 Å². The van der Waals surface area contributed by atoms with Crippen LogP contribution in [-0.4, -0.2) is 12.0 Å². The van der Waals surface area contributed by atoms with Crippen molar-refractivity contribution in [2.45, 2.75) is 32.7 Å². The summed E-state index contributed by atoms with van der Waals surface area (Å²) in [6, 6.07) is 10.6. The predicted octanol–water partition coefficient (Wildman–Crippen LogP) is 4.11. The quantitative estimate of drug-likeness (QED) is 0.896. The number of aromatic nitrogens is 1. The van der Waals surface area contributed by atoms with Crippen LogP contribution in [-0.2, 0) is 12.8 Å². The molecule has 2 rings (SSSR count). The summed E-state index contributed by atoms with van der Waals surface area (Å²) in [7, 11) is 1.98. The summed E-state index contributed by atoms with van der Waals surface area (Å²) < 4.78 is 0.